The monoisotopic (exact) mass is 355 g/mol. The molecule has 1 aliphatic heterocycles. The highest BCUT2D eigenvalue weighted by Gasteiger charge is 2.25. The van der Waals surface area contributed by atoms with Crippen molar-refractivity contribution in [3.63, 3.8) is 0 Å². The lowest BCUT2D eigenvalue weighted by molar-refractivity contribution is 0.415. The van der Waals surface area contributed by atoms with E-state index in [2.05, 4.69) is 69.4 Å². The Bertz CT molecular complexity index is 1140. The van der Waals surface area contributed by atoms with Crippen LogP contribution in [0.2, 0.25) is 0 Å². The lowest BCUT2D eigenvalue weighted by Gasteiger charge is -2.24. The molecule has 6 heteroatoms. The number of anilines is 1. The predicted molar refractivity (Wildman–Crippen MR) is 104 cm³/mol. The Balaban J connectivity index is 1.66. The molecule has 5 rings (SSSR count). The molecule has 3 aromatic carbocycles. The molecule has 1 aromatic heterocycles. The minimum Gasteiger partial charge on any atom is -0.497 e. The van der Waals surface area contributed by atoms with E-state index >= 15 is 0 Å². The van der Waals surface area contributed by atoms with Gasteiger partial charge in [0, 0.05) is 5.70 Å². The molecule has 132 valence electrons. The topological polar surface area (TPSA) is 64.9 Å². The molecule has 1 unspecified atom stereocenters. The fourth-order valence-corrected chi connectivity index (χ4v) is 3.52. The van der Waals surface area contributed by atoms with Crippen LogP contribution in [0.15, 0.2) is 72.8 Å². The Morgan fingerprint density at radius 2 is 1.78 bits per heavy atom. The van der Waals surface area contributed by atoms with Crippen molar-refractivity contribution in [1.82, 2.24) is 20.2 Å². The summed E-state index contributed by atoms with van der Waals surface area (Å²) in [4.78, 5) is 0. The summed E-state index contributed by atoms with van der Waals surface area (Å²) in [6, 6.07) is 22.5. The number of tetrazole rings is 1. The molecular formula is C21H17N5O. The Hall–Kier alpha value is -3.67. The quantitative estimate of drug-likeness (QED) is 0.604. The summed E-state index contributed by atoms with van der Waals surface area (Å²) in [5, 5.41) is 17.9. The molecule has 0 fully saturated rings. The maximum Gasteiger partial charge on any atom is 0.248 e. The number of methoxy groups -OCH3 is 1. The maximum absolute atomic E-state index is 5.26. The van der Waals surface area contributed by atoms with Gasteiger partial charge in [-0.25, -0.2) is 0 Å². The van der Waals surface area contributed by atoms with Crippen molar-refractivity contribution in [2.45, 2.75) is 6.04 Å². The first-order valence-corrected chi connectivity index (χ1v) is 8.72. The standard InChI is InChI=1S/C21H17N5O/c1-27-16-11-9-15(10-12-16)19-13-20(26-21(22-19)23-24-25-26)18-8-4-6-14-5-2-3-7-17(14)18/h2-13,20H,1H3,(H,22,23,25). The van der Waals surface area contributed by atoms with Crippen LogP contribution >= 0.6 is 0 Å². The molecule has 0 radical (unpaired) electrons. The molecular weight excluding hydrogens is 338 g/mol. The lowest BCUT2D eigenvalue weighted by atomic mass is 9.96. The van der Waals surface area contributed by atoms with E-state index < -0.39 is 0 Å². The number of nitrogens with one attached hydrogen (secondary N) is 1. The van der Waals surface area contributed by atoms with Crippen molar-refractivity contribution in [3.05, 3.63) is 83.9 Å². The number of nitrogens with zero attached hydrogens (tertiary/aromatic N) is 4. The van der Waals surface area contributed by atoms with Gasteiger partial charge in [-0.05, 0) is 62.7 Å². The second-order valence-corrected chi connectivity index (χ2v) is 6.39. The van der Waals surface area contributed by atoms with Crippen molar-refractivity contribution < 1.29 is 4.74 Å². The van der Waals surface area contributed by atoms with E-state index in [1.165, 1.54) is 10.8 Å². The Labute approximate surface area is 156 Å². The van der Waals surface area contributed by atoms with E-state index in [0.29, 0.717) is 5.95 Å². The van der Waals surface area contributed by atoms with Gasteiger partial charge < -0.3 is 10.1 Å². The zero-order chi connectivity index (χ0) is 18.2. The third-order valence-corrected chi connectivity index (χ3v) is 4.87. The van der Waals surface area contributed by atoms with Gasteiger partial charge >= 0.3 is 0 Å². The lowest BCUT2D eigenvalue weighted by Crippen LogP contribution is -2.20. The minimum absolute atomic E-state index is 0.0977. The van der Waals surface area contributed by atoms with E-state index in [1.807, 2.05) is 28.9 Å². The number of ether oxygens (including phenoxy) is 1. The van der Waals surface area contributed by atoms with Gasteiger partial charge in [-0.3, -0.25) is 0 Å². The number of benzene rings is 3. The second kappa shape index (κ2) is 6.25. The molecule has 0 saturated carbocycles. The highest BCUT2D eigenvalue weighted by atomic mass is 16.5. The average Bonchev–Trinajstić information content (AvgIpc) is 3.21. The summed E-state index contributed by atoms with van der Waals surface area (Å²) in [6.07, 6.45) is 2.16. The van der Waals surface area contributed by atoms with E-state index in [9.17, 15) is 0 Å². The first-order valence-electron chi connectivity index (χ1n) is 8.72. The molecule has 1 atom stereocenters. The van der Waals surface area contributed by atoms with Crippen molar-refractivity contribution in [2.75, 3.05) is 12.4 Å². The number of allylic oxidation sites excluding steroid dienone is 1. The number of hydrogen-bond donors (Lipinski definition) is 1. The number of fused-ring (bicyclic) bond motifs is 2. The summed E-state index contributed by atoms with van der Waals surface area (Å²) < 4.78 is 7.08. The van der Waals surface area contributed by atoms with Gasteiger partial charge in [0.15, 0.2) is 0 Å². The number of aromatic nitrogens is 4. The van der Waals surface area contributed by atoms with E-state index in [0.717, 1.165) is 22.6 Å². The zero-order valence-electron chi connectivity index (χ0n) is 14.7. The predicted octanol–water partition coefficient (Wildman–Crippen LogP) is 3.89. The van der Waals surface area contributed by atoms with Crippen LogP contribution in [0.1, 0.15) is 17.2 Å². The van der Waals surface area contributed by atoms with Gasteiger partial charge in [-0.2, -0.15) is 4.68 Å². The van der Waals surface area contributed by atoms with Gasteiger partial charge in [-0.1, -0.05) is 47.6 Å². The van der Waals surface area contributed by atoms with Crippen LogP contribution < -0.4 is 10.1 Å². The molecule has 0 spiro atoms. The van der Waals surface area contributed by atoms with Crippen molar-refractivity contribution in [2.24, 2.45) is 0 Å². The summed E-state index contributed by atoms with van der Waals surface area (Å²) in [6.45, 7) is 0. The normalized spacial score (nSPS) is 15.7. The third-order valence-electron chi connectivity index (χ3n) is 4.87. The number of rotatable bonds is 3. The SMILES string of the molecule is COc1ccc(C2=CC(c3cccc4ccccc34)n3nnnc3N2)cc1. The fraction of sp³-hybridized carbons (Fsp3) is 0.0952. The second-order valence-electron chi connectivity index (χ2n) is 6.39. The van der Waals surface area contributed by atoms with Gasteiger partial charge in [0.1, 0.15) is 11.8 Å². The molecule has 0 saturated heterocycles. The van der Waals surface area contributed by atoms with E-state index in [-0.39, 0.29) is 6.04 Å². The van der Waals surface area contributed by atoms with Crippen LogP contribution in [-0.4, -0.2) is 27.3 Å². The molecule has 1 aliphatic rings. The van der Waals surface area contributed by atoms with E-state index in [4.69, 9.17) is 4.74 Å². The molecule has 0 aliphatic carbocycles. The van der Waals surface area contributed by atoms with Crippen LogP contribution in [0, 0.1) is 0 Å². The summed E-state index contributed by atoms with van der Waals surface area (Å²) in [7, 11) is 1.66. The summed E-state index contributed by atoms with van der Waals surface area (Å²) >= 11 is 0. The van der Waals surface area contributed by atoms with Crippen LogP contribution in [0.5, 0.6) is 5.75 Å². The molecule has 0 bridgehead atoms. The Morgan fingerprint density at radius 1 is 0.963 bits per heavy atom. The zero-order valence-corrected chi connectivity index (χ0v) is 14.7. The summed E-state index contributed by atoms with van der Waals surface area (Å²) in [5.74, 6) is 1.45. The third kappa shape index (κ3) is 2.62. The fourth-order valence-electron chi connectivity index (χ4n) is 3.52. The van der Waals surface area contributed by atoms with Gasteiger partial charge in [0.2, 0.25) is 5.95 Å². The molecule has 1 N–H and O–H groups in total. The van der Waals surface area contributed by atoms with Crippen molar-refractivity contribution in [1.29, 1.82) is 0 Å². The van der Waals surface area contributed by atoms with Crippen LogP contribution in [0.3, 0.4) is 0 Å². The van der Waals surface area contributed by atoms with Crippen molar-refractivity contribution in [3.8, 4) is 5.75 Å². The first kappa shape index (κ1) is 15.6. The maximum atomic E-state index is 5.26. The minimum atomic E-state index is -0.0977. The molecule has 2 heterocycles. The average molecular weight is 355 g/mol. The highest BCUT2D eigenvalue weighted by Crippen LogP contribution is 2.35. The summed E-state index contributed by atoms with van der Waals surface area (Å²) in [5.41, 5.74) is 3.18. The number of hydrogen-bond acceptors (Lipinski definition) is 5. The first-order chi connectivity index (χ1) is 13.3. The van der Waals surface area contributed by atoms with Gasteiger partial charge in [0.25, 0.3) is 0 Å². The van der Waals surface area contributed by atoms with Gasteiger partial charge in [-0.15, -0.1) is 0 Å². The largest absolute Gasteiger partial charge is 0.497 e. The van der Waals surface area contributed by atoms with Gasteiger partial charge in [0.05, 0.1) is 7.11 Å². The molecule has 27 heavy (non-hydrogen) atoms. The smallest absolute Gasteiger partial charge is 0.248 e. The van der Waals surface area contributed by atoms with Crippen LogP contribution in [0.25, 0.3) is 16.5 Å². The molecule has 6 nitrogen and oxygen atoms in total. The van der Waals surface area contributed by atoms with Crippen LogP contribution in [0.4, 0.5) is 5.95 Å². The molecule has 4 aromatic rings. The molecule has 0 amide bonds. The van der Waals surface area contributed by atoms with Crippen molar-refractivity contribution >= 4 is 22.4 Å². The van der Waals surface area contributed by atoms with E-state index in [1.54, 1.807) is 7.11 Å². The van der Waals surface area contributed by atoms with Crippen LogP contribution in [-0.2, 0) is 0 Å². The Morgan fingerprint density at radius 3 is 2.63 bits per heavy atom. The highest BCUT2D eigenvalue weighted by molar-refractivity contribution is 5.87. The Kier molecular flexibility index (Phi) is 3.60.